The Labute approximate surface area is 159 Å². The number of anilines is 1. The molecule has 4 nitrogen and oxygen atoms in total. The predicted octanol–water partition coefficient (Wildman–Crippen LogP) is 4.28. The summed E-state index contributed by atoms with van der Waals surface area (Å²) in [5.74, 6) is -0.126. The van der Waals surface area contributed by atoms with Gasteiger partial charge in [-0.25, -0.2) is 0 Å². The number of nitrogens with one attached hydrogen (secondary N) is 2. The molecule has 2 amide bonds. The van der Waals surface area contributed by atoms with Crippen LogP contribution in [0.15, 0.2) is 78.9 Å². The van der Waals surface area contributed by atoms with Gasteiger partial charge in [0.05, 0.1) is 0 Å². The molecule has 3 aromatic rings. The summed E-state index contributed by atoms with van der Waals surface area (Å²) in [6.45, 7) is 0. The predicted molar refractivity (Wildman–Crippen MR) is 109 cm³/mol. The van der Waals surface area contributed by atoms with Crippen molar-refractivity contribution < 1.29 is 9.59 Å². The molecule has 0 aromatic heterocycles. The Hall–Kier alpha value is -3.40. The number of carbonyl (C=O) groups is 2. The van der Waals surface area contributed by atoms with Crippen molar-refractivity contribution in [1.82, 2.24) is 5.32 Å². The van der Waals surface area contributed by atoms with E-state index in [2.05, 4.69) is 10.6 Å². The molecule has 0 unspecified atom stereocenters. The fraction of sp³-hybridized carbons (Fsp3) is 0.130. The van der Waals surface area contributed by atoms with Gasteiger partial charge >= 0.3 is 0 Å². The third-order valence-corrected chi connectivity index (χ3v) is 4.39. The molecular formula is C23H22N2O2. The van der Waals surface area contributed by atoms with Gasteiger partial charge in [0.1, 0.15) is 0 Å². The van der Waals surface area contributed by atoms with E-state index >= 15 is 0 Å². The Morgan fingerprint density at radius 2 is 1.41 bits per heavy atom. The molecule has 0 aliphatic heterocycles. The lowest BCUT2D eigenvalue weighted by Gasteiger charge is -2.08. The Morgan fingerprint density at radius 3 is 2.04 bits per heavy atom. The number of hydrogen-bond acceptors (Lipinski definition) is 2. The van der Waals surface area contributed by atoms with Gasteiger partial charge in [-0.3, -0.25) is 9.59 Å². The molecule has 0 bridgehead atoms. The second-order valence-electron chi connectivity index (χ2n) is 6.27. The molecule has 2 N–H and O–H groups in total. The lowest BCUT2D eigenvalue weighted by molar-refractivity contribution is -0.120. The number of rotatable bonds is 6. The monoisotopic (exact) mass is 358 g/mol. The van der Waals surface area contributed by atoms with Crippen molar-refractivity contribution >= 4 is 17.5 Å². The second kappa shape index (κ2) is 8.81. The van der Waals surface area contributed by atoms with Gasteiger partial charge in [-0.05, 0) is 47.4 Å². The van der Waals surface area contributed by atoms with Gasteiger partial charge in [-0.15, -0.1) is 0 Å². The molecule has 3 rings (SSSR count). The van der Waals surface area contributed by atoms with Gasteiger partial charge < -0.3 is 10.6 Å². The zero-order valence-corrected chi connectivity index (χ0v) is 15.2. The van der Waals surface area contributed by atoms with Crippen molar-refractivity contribution in [1.29, 1.82) is 0 Å². The summed E-state index contributed by atoms with van der Waals surface area (Å²) in [5, 5.41) is 5.51. The van der Waals surface area contributed by atoms with Crippen molar-refractivity contribution in [2.45, 2.75) is 12.8 Å². The summed E-state index contributed by atoms with van der Waals surface area (Å²) in [5.41, 5.74) is 4.60. The van der Waals surface area contributed by atoms with Crippen LogP contribution in [0, 0.1) is 0 Å². The molecule has 0 aliphatic carbocycles. The van der Waals surface area contributed by atoms with Gasteiger partial charge in [-0.2, -0.15) is 0 Å². The van der Waals surface area contributed by atoms with E-state index < -0.39 is 0 Å². The van der Waals surface area contributed by atoms with Crippen LogP contribution in [-0.4, -0.2) is 18.9 Å². The average molecular weight is 358 g/mol. The van der Waals surface area contributed by atoms with Gasteiger partial charge in [0.15, 0.2) is 0 Å². The highest BCUT2D eigenvalue weighted by molar-refractivity contribution is 6.04. The molecule has 136 valence electrons. The first kappa shape index (κ1) is 18.4. The van der Waals surface area contributed by atoms with E-state index in [1.807, 2.05) is 78.9 Å². The standard InChI is InChI=1S/C23H22N2O2/c1-24-22(26)16-9-17-7-14-21(15-8-17)25-23(27)20-12-10-19(11-13-20)18-5-3-2-4-6-18/h2-8,10-15H,9,16H2,1H3,(H,24,26)(H,25,27). The Morgan fingerprint density at radius 1 is 0.778 bits per heavy atom. The Balaban J connectivity index is 1.61. The van der Waals surface area contributed by atoms with Crippen molar-refractivity contribution in [3.05, 3.63) is 90.0 Å². The van der Waals surface area contributed by atoms with E-state index in [0.29, 0.717) is 18.4 Å². The number of hydrogen-bond donors (Lipinski definition) is 2. The minimum atomic E-state index is -0.146. The summed E-state index contributed by atoms with van der Waals surface area (Å²) >= 11 is 0. The average Bonchev–Trinajstić information content (AvgIpc) is 2.73. The van der Waals surface area contributed by atoms with Crippen molar-refractivity contribution in [2.24, 2.45) is 0 Å². The van der Waals surface area contributed by atoms with Gasteiger partial charge in [0.2, 0.25) is 5.91 Å². The summed E-state index contributed by atoms with van der Waals surface area (Å²) in [7, 11) is 1.63. The van der Waals surface area contributed by atoms with E-state index in [9.17, 15) is 9.59 Å². The summed E-state index contributed by atoms with van der Waals surface area (Å²) < 4.78 is 0. The molecule has 0 radical (unpaired) electrons. The summed E-state index contributed by atoms with van der Waals surface area (Å²) in [4.78, 5) is 23.7. The van der Waals surface area contributed by atoms with Crippen LogP contribution in [0.2, 0.25) is 0 Å². The minimum Gasteiger partial charge on any atom is -0.359 e. The fourth-order valence-electron chi connectivity index (χ4n) is 2.79. The van der Waals surface area contributed by atoms with Crippen LogP contribution < -0.4 is 10.6 Å². The van der Waals surface area contributed by atoms with Crippen LogP contribution in [0.1, 0.15) is 22.3 Å². The smallest absolute Gasteiger partial charge is 0.255 e. The molecule has 27 heavy (non-hydrogen) atoms. The summed E-state index contributed by atoms with van der Waals surface area (Å²) in [6, 6.07) is 25.2. The SMILES string of the molecule is CNC(=O)CCc1ccc(NC(=O)c2ccc(-c3ccccc3)cc2)cc1. The zero-order chi connectivity index (χ0) is 19.1. The zero-order valence-electron chi connectivity index (χ0n) is 15.2. The first-order valence-corrected chi connectivity index (χ1v) is 8.92. The maximum absolute atomic E-state index is 12.4. The molecule has 0 saturated carbocycles. The number of amides is 2. The molecule has 4 heteroatoms. The van der Waals surface area contributed by atoms with Crippen LogP contribution >= 0.6 is 0 Å². The van der Waals surface area contributed by atoms with E-state index in [1.54, 1.807) is 7.05 Å². The number of aryl methyl sites for hydroxylation is 1. The first-order valence-electron chi connectivity index (χ1n) is 8.92. The maximum atomic E-state index is 12.4. The van der Waals surface area contributed by atoms with Crippen molar-refractivity contribution in [3.63, 3.8) is 0 Å². The fourth-order valence-corrected chi connectivity index (χ4v) is 2.79. The molecule has 0 aliphatic rings. The normalized spacial score (nSPS) is 10.3. The molecular weight excluding hydrogens is 336 g/mol. The minimum absolute atomic E-state index is 0.0197. The van der Waals surface area contributed by atoms with E-state index in [0.717, 1.165) is 22.4 Å². The van der Waals surface area contributed by atoms with Crippen molar-refractivity contribution in [3.8, 4) is 11.1 Å². The summed E-state index contributed by atoms with van der Waals surface area (Å²) in [6.07, 6.45) is 1.13. The van der Waals surface area contributed by atoms with E-state index in [1.165, 1.54) is 0 Å². The third-order valence-electron chi connectivity index (χ3n) is 4.39. The van der Waals surface area contributed by atoms with Crippen LogP contribution in [0.25, 0.3) is 11.1 Å². The quantitative estimate of drug-likeness (QED) is 0.691. The number of benzene rings is 3. The maximum Gasteiger partial charge on any atom is 0.255 e. The largest absolute Gasteiger partial charge is 0.359 e. The highest BCUT2D eigenvalue weighted by Gasteiger charge is 2.07. The topological polar surface area (TPSA) is 58.2 Å². The lowest BCUT2D eigenvalue weighted by Crippen LogP contribution is -2.17. The molecule has 3 aromatic carbocycles. The molecule has 0 saturated heterocycles. The molecule has 0 fully saturated rings. The molecule has 0 atom stereocenters. The molecule has 0 spiro atoms. The van der Waals surface area contributed by atoms with Crippen LogP contribution in [-0.2, 0) is 11.2 Å². The molecule has 0 heterocycles. The van der Waals surface area contributed by atoms with Gasteiger partial charge in [0, 0.05) is 24.7 Å². The highest BCUT2D eigenvalue weighted by atomic mass is 16.2. The van der Waals surface area contributed by atoms with Crippen LogP contribution in [0.3, 0.4) is 0 Å². The van der Waals surface area contributed by atoms with E-state index in [4.69, 9.17) is 0 Å². The van der Waals surface area contributed by atoms with Gasteiger partial charge in [-0.1, -0.05) is 54.6 Å². The van der Waals surface area contributed by atoms with E-state index in [-0.39, 0.29) is 11.8 Å². The Kier molecular flexibility index (Phi) is 6.00. The second-order valence-corrected chi connectivity index (χ2v) is 6.27. The van der Waals surface area contributed by atoms with Gasteiger partial charge in [0.25, 0.3) is 5.91 Å². The first-order chi connectivity index (χ1) is 13.2. The number of carbonyl (C=O) groups excluding carboxylic acids is 2. The van der Waals surface area contributed by atoms with Crippen LogP contribution in [0.5, 0.6) is 0 Å². The Bertz CT molecular complexity index is 901. The van der Waals surface area contributed by atoms with Crippen LogP contribution in [0.4, 0.5) is 5.69 Å². The highest BCUT2D eigenvalue weighted by Crippen LogP contribution is 2.20. The van der Waals surface area contributed by atoms with Crippen molar-refractivity contribution in [2.75, 3.05) is 12.4 Å². The third kappa shape index (κ3) is 5.05. The lowest BCUT2D eigenvalue weighted by atomic mass is 10.0.